The van der Waals surface area contributed by atoms with Crippen LogP contribution in [0.4, 0.5) is 0 Å². The van der Waals surface area contributed by atoms with Crippen molar-refractivity contribution >= 4 is 21.8 Å². The lowest BCUT2D eigenvalue weighted by Gasteiger charge is -2.37. The van der Waals surface area contributed by atoms with Crippen molar-refractivity contribution in [3.63, 3.8) is 0 Å². The van der Waals surface area contributed by atoms with Gasteiger partial charge in [-0.15, -0.1) is 0 Å². The number of hydrogen-bond acceptors (Lipinski definition) is 6. The van der Waals surface area contributed by atoms with Gasteiger partial charge in [-0.25, -0.2) is 13.9 Å². The average molecular weight is 504 g/mol. The van der Waals surface area contributed by atoms with Gasteiger partial charge in [0.05, 0.1) is 12.0 Å². The molecule has 3 rings (SSSR count). The zero-order valence-electron chi connectivity index (χ0n) is 20.2. The van der Waals surface area contributed by atoms with Crippen LogP contribution in [-0.4, -0.2) is 55.5 Å². The van der Waals surface area contributed by atoms with Gasteiger partial charge in [-0.1, -0.05) is 38.1 Å². The SMILES string of the molecule is COc1ccc(-c2ccc(S(=O)(=O)N3CCC(NC(=O)CCC(C)C)CC3C(=O)NO)cc2)cc1. The fourth-order valence-electron chi connectivity index (χ4n) is 4.13. The lowest BCUT2D eigenvalue weighted by Crippen LogP contribution is -2.56. The molecule has 0 saturated carbocycles. The van der Waals surface area contributed by atoms with E-state index in [1.54, 1.807) is 24.7 Å². The summed E-state index contributed by atoms with van der Waals surface area (Å²) in [4.78, 5) is 24.7. The summed E-state index contributed by atoms with van der Waals surface area (Å²) in [6.07, 6.45) is 1.55. The van der Waals surface area contributed by atoms with Crippen LogP contribution in [0.1, 0.15) is 39.5 Å². The summed E-state index contributed by atoms with van der Waals surface area (Å²) in [6, 6.07) is 12.3. The third-order valence-corrected chi connectivity index (χ3v) is 8.09. The first-order valence-corrected chi connectivity index (χ1v) is 13.1. The van der Waals surface area contributed by atoms with E-state index in [0.29, 0.717) is 18.8 Å². The van der Waals surface area contributed by atoms with Crippen LogP contribution in [0, 0.1) is 5.92 Å². The zero-order valence-corrected chi connectivity index (χ0v) is 21.0. The molecule has 3 N–H and O–H groups in total. The number of piperidine rings is 1. The number of nitrogens with one attached hydrogen (secondary N) is 2. The summed E-state index contributed by atoms with van der Waals surface area (Å²) in [7, 11) is -2.43. The molecule has 9 nitrogen and oxygen atoms in total. The molecule has 1 heterocycles. The van der Waals surface area contributed by atoms with E-state index in [2.05, 4.69) is 5.32 Å². The highest BCUT2D eigenvalue weighted by atomic mass is 32.2. The molecular formula is C25H33N3O6S. The molecule has 0 radical (unpaired) electrons. The minimum Gasteiger partial charge on any atom is -0.497 e. The number of carbonyl (C=O) groups excluding carboxylic acids is 2. The Bertz CT molecular complexity index is 1120. The monoisotopic (exact) mass is 503 g/mol. The van der Waals surface area contributed by atoms with Crippen molar-refractivity contribution in [3.8, 4) is 16.9 Å². The topological polar surface area (TPSA) is 125 Å². The number of amides is 2. The first-order chi connectivity index (χ1) is 16.6. The summed E-state index contributed by atoms with van der Waals surface area (Å²) in [5.74, 6) is 0.152. The van der Waals surface area contributed by atoms with Gasteiger partial charge in [-0.3, -0.25) is 14.8 Å². The second-order valence-corrected chi connectivity index (χ2v) is 11.0. The van der Waals surface area contributed by atoms with E-state index in [-0.39, 0.29) is 29.8 Å². The van der Waals surface area contributed by atoms with Crippen LogP contribution in [0.5, 0.6) is 5.75 Å². The quantitative estimate of drug-likeness (QED) is 0.357. The molecular weight excluding hydrogens is 470 g/mol. The largest absolute Gasteiger partial charge is 0.497 e. The summed E-state index contributed by atoms with van der Waals surface area (Å²) < 4.78 is 33.1. The van der Waals surface area contributed by atoms with E-state index < -0.39 is 22.0 Å². The van der Waals surface area contributed by atoms with Gasteiger partial charge in [0.1, 0.15) is 11.8 Å². The molecule has 190 valence electrons. The Morgan fingerprint density at radius 3 is 2.23 bits per heavy atom. The van der Waals surface area contributed by atoms with Crippen LogP contribution >= 0.6 is 0 Å². The zero-order chi connectivity index (χ0) is 25.6. The minimum atomic E-state index is -4.02. The lowest BCUT2D eigenvalue weighted by atomic mass is 9.98. The normalized spacial score (nSPS) is 18.8. The summed E-state index contributed by atoms with van der Waals surface area (Å²) in [5, 5.41) is 12.1. The number of carbonyl (C=O) groups is 2. The molecule has 35 heavy (non-hydrogen) atoms. The maximum Gasteiger partial charge on any atom is 0.261 e. The van der Waals surface area contributed by atoms with E-state index in [1.165, 1.54) is 12.1 Å². The molecule has 0 aliphatic carbocycles. The van der Waals surface area contributed by atoms with Gasteiger partial charge in [0.2, 0.25) is 15.9 Å². The number of benzene rings is 2. The van der Waals surface area contributed by atoms with Gasteiger partial charge in [0.15, 0.2) is 0 Å². The third-order valence-electron chi connectivity index (χ3n) is 6.16. The number of sulfonamides is 1. The number of hydroxylamine groups is 1. The molecule has 2 aromatic rings. The van der Waals surface area contributed by atoms with Crippen LogP contribution < -0.4 is 15.5 Å². The van der Waals surface area contributed by atoms with Crippen LogP contribution in [0.25, 0.3) is 11.1 Å². The molecule has 2 unspecified atom stereocenters. The molecule has 0 spiro atoms. The number of rotatable bonds is 9. The molecule has 0 aromatic heterocycles. The third kappa shape index (κ3) is 6.59. The molecule has 1 saturated heterocycles. The van der Waals surface area contributed by atoms with Crippen molar-refractivity contribution in [2.75, 3.05) is 13.7 Å². The number of nitrogens with zero attached hydrogens (tertiary/aromatic N) is 1. The van der Waals surface area contributed by atoms with E-state index >= 15 is 0 Å². The van der Waals surface area contributed by atoms with Crippen LogP contribution in [0.2, 0.25) is 0 Å². The lowest BCUT2D eigenvalue weighted by molar-refractivity contribution is -0.135. The van der Waals surface area contributed by atoms with Crippen molar-refractivity contribution in [3.05, 3.63) is 48.5 Å². The van der Waals surface area contributed by atoms with Crippen LogP contribution in [-0.2, 0) is 19.6 Å². The number of ether oxygens (including phenoxy) is 1. The second kappa shape index (κ2) is 11.7. The van der Waals surface area contributed by atoms with Crippen molar-refractivity contribution in [2.45, 2.75) is 56.5 Å². The van der Waals surface area contributed by atoms with E-state index in [9.17, 15) is 23.2 Å². The van der Waals surface area contributed by atoms with Gasteiger partial charge < -0.3 is 10.1 Å². The summed E-state index contributed by atoms with van der Waals surface area (Å²) in [6.45, 7) is 4.10. The Morgan fingerprint density at radius 1 is 1.09 bits per heavy atom. The smallest absolute Gasteiger partial charge is 0.261 e. The Morgan fingerprint density at radius 2 is 1.69 bits per heavy atom. The van der Waals surface area contributed by atoms with Crippen LogP contribution in [0.3, 0.4) is 0 Å². The van der Waals surface area contributed by atoms with Crippen molar-refractivity contribution in [2.24, 2.45) is 5.92 Å². The van der Waals surface area contributed by atoms with E-state index in [4.69, 9.17) is 4.74 Å². The highest BCUT2D eigenvalue weighted by Gasteiger charge is 2.41. The highest BCUT2D eigenvalue weighted by molar-refractivity contribution is 7.89. The molecule has 0 bridgehead atoms. The van der Waals surface area contributed by atoms with E-state index in [0.717, 1.165) is 27.6 Å². The van der Waals surface area contributed by atoms with E-state index in [1.807, 2.05) is 38.1 Å². The second-order valence-electron chi connectivity index (χ2n) is 9.08. The first kappa shape index (κ1) is 26.7. The molecule has 10 heteroatoms. The number of methoxy groups -OCH3 is 1. The summed E-state index contributed by atoms with van der Waals surface area (Å²) in [5.41, 5.74) is 3.31. The van der Waals surface area contributed by atoms with Crippen molar-refractivity contribution in [1.29, 1.82) is 0 Å². The predicted molar refractivity (Wildman–Crippen MR) is 131 cm³/mol. The predicted octanol–water partition coefficient (Wildman–Crippen LogP) is 2.94. The number of hydrogen-bond donors (Lipinski definition) is 3. The van der Waals surface area contributed by atoms with Gasteiger partial charge in [0, 0.05) is 19.0 Å². The molecule has 2 aromatic carbocycles. The van der Waals surface area contributed by atoms with Gasteiger partial charge in [0.25, 0.3) is 5.91 Å². The first-order valence-electron chi connectivity index (χ1n) is 11.7. The highest BCUT2D eigenvalue weighted by Crippen LogP contribution is 2.29. The molecule has 1 fully saturated rings. The van der Waals surface area contributed by atoms with Gasteiger partial charge >= 0.3 is 0 Å². The van der Waals surface area contributed by atoms with Crippen LogP contribution in [0.15, 0.2) is 53.4 Å². The molecule has 1 aliphatic rings. The standard InChI is InChI=1S/C25H33N3O6S/c1-17(2)4-13-24(29)26-20-14-15-28(23(16-20)25(30)27-31)35(32,33)22-11-7-19(8-12-22)18-5-9-21(34-3)10-6-18/h5-12,17,20,23,31H,4,13-16H2,1-3H3,(H,26,29)(H,27,30). The van der Waals surface area contributed by atoms with Gasteiger partial charge in [-0.2, -0.15) is 4.31 Å². The fraction of sp³-hybridized carbons (Fsp3) is 0.440. The minimum absolute atomic E-state index is 0.0375. The molecule has 2 amide bonds. The van der Waals surface area contributed by atoms with Crippen molar-refractivity contribution in [1.82, 2.24) is 15.1 Å². The fourth-order valence-corrected chi connectivity index (χ4v) is 5.75. The van der Waals surface area contributed by atoms with Gasteiger partial charge in [-0.05, 0) is 60.6 Å². The molecule has 2 atom stereocenters. The van der Waals surface area contributed by atoms with Crippen molar-refractivity contribution < 1.29 is 28.0 Å². The average Bonchev–Trinajstić information content (AvgIpc) is 2.87. The Balaban J connectivity index is 1.76. The molecule has 1 aliphatic heterocycles. The maximum atomic E-state index is 13.4. The maximum absolute atomic E-state index is 13.4. The Hall–Kier alpha value is -2.95. The Kier molecular flexibility index (Phi) is 8.87. The Labute approximate surface area is 206 Å². The summed E-state index contributed by atoms with van der Waals surface area (Å²) >= 11 is 0.